The van der Waals surface area contributed by atoms with Crippen molar-refractivity contribution in [3.63, 3.8) is 0 Å². The van der Waals surface area contributed by atoms with Crippen LogP contribution in [0.1, 0.15) is 30.2 Å². The first kappa shape index (κ1) is 20.5. The van der Waals surface area contributed by atoms with Gasteiger partial charge in [-0.15, -0.1) is 0 Å². The van der Waals surface area contributed by atoms with Crippen LogP contribution in [0.3, 0.4) is 0 Å². The molecule has 4 rings (SSSR count). The summed E-state index contributed by atoms with van der Waals surface area (Å²) in [6.07, 6.45) is -3.66. The van der Waals surface area contributed by atoms with E-state index in [1.165, 1.54) is 22.5 Å². The van der Waals surface area contributed by atoms with Gasteiger partial charge in [-0.25, -0.2) is 8.42 Å². The minimum atomic E-state index is -4.53. The van der Waals surface area contributed by atoms with E-state index < -0.39 is 21.8 Å². The molecule has 10 heteroatoms. The van der Waals surface area contributed by atoms with Crippen LogP contribution in [0.2, 0.25) is 0 Å². The summed E-state index contributed by atoms with van der Waals surface area (Å²) < 4.78 is 71.8. The second-order valence-electron chi connectivity index (χ2n) is 6.99. The largest absolute Gasteiger partial charge is 0.417 e. The maximum absolute atomic E-state index is 13.2. The molecule has 1 aliphatic rings. The van der Waals surface area contributed by atoms with Crippen LogP contribution in [0.15, 0.2) is 64.0 Å². The van der Waals surface area contributed by atoms with Gasteiger partial charge in [-0.3, -0.25) is 0 Å². The predicted octanol–water partition coefficient (Wildman–Crippen LogP) is 4.32. The molecule has 30 heavy (non-hydrogen) atoms. The fraction of sp³-hybridized carbons (Fsp3) is 0.300. The van der Waals surface area contributed by atoms with Gasteiger partial charge >= 0.3 is 6.18 Å². The molecule has 0 bridgehead atoms. The van der Waals surface area contributed by atoms with Crippen molar-refractivity contribution in [1.82, 2.24) is 14.4 Å². The van der Waals surface area contributed by atoms with Crippen molar-refractivity contribution in [3.05, 3.63) is 66.1 Å². The number of hydrogen-bond acceptors (Lipinski definition) is 5. The molecule has 0 amide bonds. The van der Waals surface area contributed by atoms with Crippen molar-refractivity contribution < 1.29 is 26.1 Å². The van der Waals surface area contributed by atoms with Crippen LogP contribution >= 0.6 is 0 Å². The molecule has 0 N–H and O–H groups in total. The summed E-state index contributed by atoms with van der Waals surface area (Å²) in [7, 11) is -3.59. The Bertz CT molecular complexity index is 1120. The first-order valence-corrected chi connectivity index (χ1v) is 10.8. The van der Waals surface area contributed by atoms with E-state index in [0.29, 0.717) is 12.8 Å². The minimum absolute atomic E-state index is 0.128. The number of sulfonamides is 1. The standard InChI is InChI=1S/C20H18F3N3O3S/c21-20(22,23)17-9-5-4-8-16(17)18-24-19(29-25-18)14-10-12-26(13-11-14)30(27,28)15-6-2-1-3-7-15/h1-9,14H,10-13H2. The normalized spacial score (nSPS) is 16.6. The third-order valence-corrected chi connectivity index (χ3v) is 7.01. The third kappa shape index (κ3) is 3.97. The highest BCUT2D eigenvalue weighted by Gasteiger charge is 2.36. The van der Waals surface area contributed by atoms with Crippen molar-refractivity contribution in [2.75, 3.05) is 13.1 Å². The zero-order valence-corrected chi connectivity index (χ0v) is 16.5. The molecular weight excluding hydrogens is 419 g/mol. The molecule has 0 atom stereocenters. The van der Waals surface area contributed by atoms with Crippen LogP contribution in [-0.2, 0) is 16.2 Å². The predicted molar refractivity (Wildman–Crippen MR) is 102 cm³/mol. The number of nitrogens with zero attached hydrogens (tertiary/aromatic N) is 3. The van der Waals surface area contributed by atoms with Crippen LogP contribution < -0.4 is 0 Å². The van der Waals surface area contributed by atoms with Gasteiger partial charge in [-0.2, -0.15) is 22.5 Å². The summed E-state index contributed by atoms with van der Waals surface area (Å²) in [4.78, 5) is 4.41. The minimum Gasteiger partial charge on any atom is -0.339 e. The SMILES string of the molecule is O=S(=O)(c1ccccc1)N1CCC(c2nc(-c3ccccc3C(F)(F)F)no2)CC1. The molecule has 2 aromatic carbocycles. The molecule has 1 saturated heterocycles. The van der Waals surface area contributed by atoms with Gasteiger partial charge in [0.1, 0.15) is 0 Å². The van der Waals surface area contributed by atoms with Gasteiger partial charge in [0, 0.05) is 24.6 Å². The van der Waals surface area contributed by atoms with Gasteiger partial charge in [0.15, 0.2) is 0 Å². The Kier molecular flexibility index (Phi) is 5.37. The van der Waals surface area contributed by atoms with Crippen LogP contribution in [0.4, 0.5) is 13.2 Å². The lowest BCUT2D eigenvalue weighted by Crippen LogP contribution is -2.37. The summed E-state index contributed by atoms with van der Waals surface area (Å²) >= 11 is 0. The summed E-state index contributed by atoms with van der Waals surface area (Å²) in [6.45, 7) is 0.525. The molecule has 0 unspecified atom stereocenters. The van der Waals surface area contributed by atoms with Crippen molar-refractivity contribution >= 4 is 10.0 Å². The molecule has 6 nitrogen and oxygen atoms in total. The van der Waals surface area contributed by atoms with E-state index in [-0.39, 0.29) is 41.2 Å². The maximum Gasteiger partial charge on any atom is 0.417 e. The Labute approximate surface area is 171 Å². The van der Waals surface area contributed by atoms with E-state index in [0.717, 1.165) is 6.07 Å². The average molecular weight is 437 g/mol. The number of halogens is 3. The Morgan fingerprint density at radius 3 is 2.27 bits per heavy atom. The second-order valence-corrected chi connectivity index (χ2v) is 8.93. The molecule has 3 aromatic rings. The fourth-order valence-corrected chi connectivity index (χ4v) is 5.01. The monoisotopic (exact) mass is 437 g/mol. The molecule has 1 fully saturated rings. The van der Waals surface area contributed by atoms with Gasteiger partial charge in [0.2, 0.25) is 21.7 Å². The lowest BCUT2D eigenvalue weighted by Gasteiger charge is -2.29. The summed E-state index contributed by atoms with van der Waals surface area (Å²) in [5.74, 6) is -0.123. The lowest BCUT2D eigenvalue weighted by atomic mass is 9.98. The second kappa shape index (κ2) is 7.84. The summed E-state index contributed by atoms with van der Waals surface area (Å²) in [5.41, 5.74) is -0.981. The molecule has 0 spiro atoms. The van der Waals surface area contributed by atoms with E-state index in [1.807, 2.05) is 0 Å². The van der Waals surface area contributed by atoms with E-state index in [9.17, 15) is 21.6 Å². The van der Waals surface area contributed by atoms with E-state index in [4.69, 9.17) is 4.52 Å². The zero-order valence-electron chi connectivity index (χ0n) is 15.7. The number of hydrogen-bond donors (Lipinski definition) is 0. The first-order chi connectivity index (χ1) is 14.3. The van der Waals surface area contributed by atoms with Crippen molar-refractivity contribution in [2.45, 2.75) is 29.8 Å². The highest BCUT2D eigenvalue weighted by Crippen LogP contribution is 2.37. The number of rotatable bonds is 4. The average Bonchev–Trinajstić information content (AvgIpc) is 3.24. The maximum atomic E-state index is 13.2. The fourth-order valence-electron chi connectivity index (χ4n) is 3.52. The van der Waals surface area contributed by atoms with Crippen molar-refractivity contribution in [2.24, 2.45) is 0 Å². The van der Waals surface area contributed by atoms with E-state index in [2.05, 4.69) is 10.1 Å². The van der Waals surface area contributed by atoms with E-state index in [1.54, 1.807) is 30.3 Å². The number of alkyl halides is 3. The van der Waals surface area contributed by atoms with Crippen LogP contribution in [0, 0.1) is 0 Å². The molecular formula is C20H18F3N3O3S. The third-order valence-electron chi connectivity index (χ3n) is 5.10. The number of aromatic nitrogens is 2. The molecule has 158 valence electrons. The number of benzene rings is 2. The molecule has 1 aliphatic heterocycles. The van der Waals surface area contributed by atoms with Gasteiger partial charge in [0.05, 0.1) is 10.5 Å². The van der Waals surface area contributed by atoms with Crippen molar-refractivity contribution in [3.8, 4) is 11.4 Å². The van der Waals surface area contributed by atoms with E-state index >= 15 is 0 Å². The van der Waals surface area contributed by atoms with Gasteiger partial charge in [-0.05, 0) is 31.0 Å². The van der Waals surface area contributed by atoms with Gasteiger partial charge in [0.25, 0.3) is 0 Å². The van der Waals surface area contributed by atoms with Gasteiger partial charge < -0.3 is 4.52 Å². The Hall–Kier alpha value is -2.72. The first-order valence-electron chi connectivity index (χ1n) is 9.32. The summed E-state index contributed by atoms with van der Waals surface area (Å²) in [5, 5.41) is 3.73. The molecule has 0 aliphatic carbocycles. The van der Waals surface area contributed by atoms with Crippen molar-refractivity contribution in [1.29, 1.82) is 0 Å². The number of piperidine rings is 1. The zero-order chi connectivity index (χ0) is 21.4. The summed E-state index contributed by atoms with van der Waals surface area (Å²) in [6, 6.07) is 13.2. The quantitative estimate of drug-likeness (QED) is 0.608. The highest BCUT2D eigenvalue weighted by molar-refractivity contribution is 7.89. The van der Waals surface area contributed by atoms with Crippen LogP contribution in [0.25, 0.3) is 11.4 Å². The lowest BCUT2D eigenvalue weighted by molar-refractivity contribution is -0.137. The molecule has 0 saturated carbocycles. The Balaban J connectivity index is 1.50. The Morgan fingerprint density at radius 1 is 0.967 bits per heavy atom. The highest BCUT2D eigenvalue weighted by atomic mass is 32.2. The van der Waals surface area contributed by atoms with Crippen LogP contribution in [-0.4, -0.2) is 36.0 Å². The molecule has 2 heterocycles. The topological polar surface area (TPSA) is 76.3 Å². The smallest absolute Gasteiger partial charge is 0.339 e. The molecule has 0 radical (unpaired) electrons. The van der Waals surface area contributed by atoms with Gasteiger partial charge in [-0.1, -0.05) is 41.6 Å². The molecule has 1 aromatic heterocycles. The van der Waals surface area contributed by atoms with Crippen LogP contribution in [0.5, 0.6) is 0 Å². The Morgan fingerprint density at radius 2 is 1.60 bits per heavy atom.